The Morgan fingerprint density at radius 1 is 1.30 bits per heavy atom. The lowest BCUT2D eigenvalue weighted by Gasteiger charge is -2.42. The molecule has 0 saturated carbocycles. The Morgan fingerprint density at radius 3 is 2.30 bits per heavy atom. The van der Waals surface area contributed by atoms with Crippen molar-refractivity contribution >= 4 is 15.9 Å². The zero-order valence-corrected chi connectivity index (χ0v) is 13.4. The van der Waals surface area contributed by atoms with Crippen molar-refractivity contribution < 1.29 is 13.6 Å². The quantitative estimate of drug-likeness (QED) is 0.317. The predicted molar refractivity (Wildman–Crippen MR) is 79.3 cm³/mol. The van der Waals surface area contributed by atoms with E-state index in [2.05, 4.69) is 5.16 Å². The van der Waals surface area contributed by atoms with Gasteiger partial charge in [0.05, 0.1) is 11.3 Å². The van der Waals surface area contributed by atoms with Crippen LogP contribution in [-0.4, -0.2) is 66.1 Å². The normalized spacial score (nSPS) is 20.2. The Balaban J connectivity index is 2.64. The topological polar surface area (TPSA) is 99.2 Å². The summed E-state index contributed by atoms with van der Waals surface area (Å²) in [5.41, 5.74) is 5.12. The highest BCUT2D eigenvalue weighted by atomic mass is 32.2. The zero-order valence-electron chi connectivity index (χ0n) is 12.5. The van der Waals surface area contributed by atoms with Crippen molar-refractivity contribution in [2.45, 2.75) is 39.2 Å². The van der Waals surface area contributed by atoms with E-state index >= 15 is 0 Å². The minimum atomic E-state index is -3.14. The molecule has 118 valence electrons. The molecule has 3 N–H and O–H groups in total. The second-order valence-electron chi connectivity index (χ2n) is 5.60. The summed E-state index contributed by atoms with van der Waals surface area (Å²) >= 11 is 0. The Bertz CT molecular complexity index is 440. The third-order valence-electron chi connectivity index (χ3n) is 3.91. The average Bonchev–Trinajstić information content (AvgIpc) is 2.44. The summed E-state index contributed by atoms with van der Waals surface area (Å²) in [5.74, 6) is 0.354. The van der Waals surface area contributed by atoms with Crippen molar-refractivity contribution in [1.82, 2.24) is 9.21 Å². The molecule has 0 aliphatic carbocycles. The second-order valence-corrected chi connectivity index (χ2v) is 7.69. The van der Waals surface area contributed by atoms with Gasteiger partial charge in [0.2, 0.25) is 10.0 Å². The molecule has 1 rings (SSSR count). The summed E-state index contributed by atoms with van der Waals surface area (Å²) < 4.78 is 25.8. The lowest BCUT2D eigenvalue weighted by Crippen LogP contribution is -2.60. The van der Waals surface area contributed by atoms with Crippen LogP contribution in [0.3, 0.4) is 0 Å². The maximum absolute atomic E-state index is 12.1. The van der Waals surface area contributed by atoms with E-state index in [1.807, 2.05) is 25.7 Å². The molecule has 0 spiro atoms. The van der Waals surface area contributed by atoms with Crippen molar-refractivity contribution in [2.75, 3.05) is 31.9 Å². The molecule has 0 aromatic carbocycles. The number of nitrogens with two attached hydrogens (primary N) is 1. The van der Waals surface area contributed by atoms with Gasteiger partial charge in [0, 0.05) is 26.2 Å². The highest BCUT2D eigenvalue weighted by molar-refractivity contribution is 7.89. The number of piperazine rings is 1. The van der Waals surface area contributed by atoms with Crippen LogP contribution in [-0.2, 0) is 10.0 Å². The number of nitrogens with zero attached hydrogens (tertiary/aromatic N) is 3. The number of unbranched alkanes of at least 4 members (excludes halogenated alkanes) is 1. The van der Waals surface area contributed by atoms with Gasteiger partial charge >= 0.3 is 0 Å². The van der Waals surface area contributed by atoms with Gasteiger partial charge in [-0.15, -0.1) is 0 Å². The highest BCUT2D eigenvalue weighted by Gasteiger charge is 2.36. The van der Waals surface area contributed by atoms with E-state index in [1.165, 1.54) is 0 Å². The molecule has 1 aliphatic heterocycles. The third kappa shape index (κ3) is 3.83. The number of oxime groups is 1. The molecule has 7 nitrogen and oxygen atoms in total. The Kier molecular flexibility index (Phi) is 5.79. The molecule has 0 aromatic heterocycles. The van der Waals surface area contributed by atoms with E-state index in [4.69, 9.17) is 10.9 Å². The van der Waals surface area contributed by atoms with Gasteiger partial charge in [-0.25, -0.2) is 8.42 Å². The van der Waals surface area contributed by atoms with Gasteiger partial charge in [-0.3, -0.25) is 4.90 Å². The first-order valence-electron chi connectivity index (χ1n) is 6.96. The minimum Gasteiger partial charge on any atom is -0.409 e. The summed E-state index contributed by atoms with van der Waals surface area (Å²) in [6.07, 6.45) is 1.56. The molecule has 0 atom stereocenters. The average molecular weight is 306 g/mol. The molecule has 1 heterocycles. The summed E-state index contributed by atoms with van der Waals surface area (Å²) in [5, 5.41) is 11.9. The van der Waals surface area contributed by atoms with E-state index in [0.717, 1.165) is 6.42 Å². The zero-order chi connectivity index (χ0) is 15.4. The fourth-order valence-corrected chi connectivity index (χ4v) is 3.90. The Hall–Kier alpha value is -0.860. The summed E-state index contributed by atoms with van der Waals surface area (Å²) in [6, 6.07) is 0. The second kappa shape index (κ2) is 6.73. The van der Waals surface area contributed by atoms with Crippen LogP contribution in [0.1, 0.15) is 33.6 Å². The van der Waals surface area contributed by atoms with E-state index in [0.29, 0.717) is 32.6 Å². The van der Waals surface area contributed by atoms with E-state index in [-0.39, 0.29) is 11.6 Å². The molecular weight excluding hydrogens is 280 g/mol. The van der Waals surface area contributed by atoms with Crippen molar-refractivity contribution in [3.05, 3.63) is 0 Å². The molecular formula is C12H26N4O3S. The summed E-state index contributed by atoms with van der Waals surface area (Å²) in [4.78, 5) is 2.04. The van der Waals surface area contributed by atoms with Gasteiger partial charge in [-0.05, 0) is 20.3 Å². The smallest absolute Gasteiger partial charge is 0.214 e. The first-order valence-corrected chi connectivity index (χ1v) is 8.57. The molecule has 1 aliphatic rings. The fourth-order valence-electron chi connectivity index (χ4n) is 2.27. The van der Waals surface area contributed by atoms with Gasteiger partial charge in [-0.2, -0.15) is 4.31 Å². The van der Waals surface area contributed by atoms with Crippen molar-refractivity contribution in [1.29, 1.82) is 0 Å². The Morgan fingerprint density at radius 2 is 1.85 bits per heavy atom. The number of amidine groups is 1. The maximum atomic E-state index is 12.1. The van der Waals surface area contributed by atoms with Gasteiger partial charge < -0.3 is 10.9 Å². The van der Waals surface area contributed by atoms with Gasteiger partial charge in [0.25, 0.3) is 0 Å². The highest BCUT2D eigenvalue weighted by Crippen LogP contribution is 2.19. The van der Waals surface area contributed by atoms with Crippen LogP contribution < -0.4 is 5.73 Å². The van der Waals surface area contributed by atoms with Crippen molar-refractivity contribution in [2.24, 2.45) is 10.9 Å². The molecule has 0 unspecified atom stereocenters. The van der Waals surface area contributed by atoms with Crippen molar-refractivity contribution in [3.8, 4) is 0 Å². The Labute approximate surface area is 121 Å². The molecule has 20 heavy (non-hydrogen) atoms. The molecule has 1 fully saturated rings. The number of sulfonamides is 1. The lowest BCUT2D eigenvalue weighted by atomic mass is 10.0. The largest absolute Gasteiger partial charge is 0.409 e. The minimum absolute atomic E-state index is 0.139. The maximum Gasteiger partial charge on any atom is 0.214 e. The molecule has 0 amide bonds. The van der Waals surface area contributed by atoms with Crippen LogP contribution in [0.4, 0.5) is 0 Å². The number of rotatable bonds is 6. The van der Waals surface area contributed by atoms with Crippen LogP contribution in [0, 0.1) is 0 Å². The third-order valence-corrected chi connectivity index (χ3v) is 5.87. The predicted octanol–water partition coefficient (Wildman–Crippen LogP) is 0.259. The molecule has 0 bridgehead atoms. The van der Waals surface area contributed by atoms with Crippen LogP contribution in [0.15, 0.2) is 5.16 Å². The lowest BCUT2D eigenvalue weighted by molar-refractivity contribution is 0.119. The van der Waals surface area contributed by atoms with Crippen molar-refractivity contribution in [3.63, 3.8) is 0 Å². The van der Waals surface area contributed by atoms with E-state index in [1.54, 1.807) is 4.31 Å². The van der Waals surface area contributed by atoms with Crippen LogP contribution in [0.2, 0.25) is 0 Å². The SMILES string of the molecule is CCCCS(=O)(=O)N1CCN(C(C)(C)C(N)=NO)CC1. The molecule has 8 heteroatoms. The first-order chi connectivity index (χ1) is 9.25. The monoisotopic (exact) mass is 306 g/mol. The van der Waals surface area contributed by atoms with E-state index < -0.39 is 15.6 Å². The molecule has 0 radical (unpaired) electrons. The van der Waals surface area contributed by atoms with Gasteiger partial charge in [0.1, 0.15) is 0 Å². The molecule has 1 saturated heterocycles. The molecule has 0 aromatic rings. The van der Waals surface area contributed by atoms with Crippen LogP contribution >= 0.6 is 0 Å². The van der Waals surface area contributed by atoms with Crippen LogP contribution in [0.25, 0.3) is 0 Å². The number of hydrogen-bond donors (Lipinski definition) is 2. The van der Waals surface area contributed by atoms with Crippen LogP contribution in [0.5, 0.6) is 0 Å². The summed E-state index contributed by atoms with van der Waals surface area (Å²) in [6.45, 7) is 7.77. The standard InChI is InChI=1S/C12H26N4O3S/c1-4-5-10-20(18,19)16-8-6-15(7-9-16)12(2,3)11(13)14-17/h17H,4-10H2,1-3H3,(H2,13,14). The van der Waals surface area contributed by atoms with E-state index in [9.17, 15) is 8.42 Å². The van der Waals surface area contributed by atoms with Gasteiger partial charge in [0.15, 0.2) is 5.84 Å². The summed E-state index contributed by atoms with van der Waals surface area (Å²) in [7, 11) is -3.14. The first kappa shape index (κ1) is 17.2. The fraction of sp³-hybridized carbons (Fsp3) is 0.917. The van der Waals surface area contributed by atoms with Gasteiger partial charge in [-0.1, -0.05) is 18.5 Å². The number of hydrogen-bond acceptors (Lipinski definition) is 5.